The SMILES string of the molecule is C[C@H]1C[C@@H]1NC(=O)CSCc1cccnc1. The van der Waals surface area contributed by atoms with Gasteiger partial charge in [0, 0.05) is 24.2 Å². The maximum atomic E-state index is 11.5. The van der Waals surface area contributed by atoms with Crippen LogP contribution >= 0.6 is 11.8 Å². The van der Waals surface area contributed by atoms with Gasteiger partial charge in [-0.1, -0.05) is 13.0 Å². The van der Waals surface area contributed by atoms with Gasteiger partial charge in [-0.05, 0) is 24.0 Å². The van der Waals surface area contributed by atoms with E-state index in [4.69, 9.17) is 0 Å². The maximum Gasteiger partial charge on any atom is 0.230 e. The number of pyridine rings is 1. The Morgan fingerprint density at radius 1 is 1.69 bits per heavy atom. The summed E-state index contributed by atoms with van der Waals surface area (Å²) >= 11 is 1.63. The van der Waals surface area contributed by atoms with Crippen molar-refractivity contribution in [1.29, 1.82) is 0 Å². The molecule has 86 valence electrons. The molecular weight excluding hydrogens is 220 g/mol. The van der Waals surface area contributed by atoms with Crippen molar-refractivity contribution in [1.82, 2.24) is 10.3 Å². The van der Waals surface area contributed by atoms with Crippen LogP contribution in [0, 0.1) is 5.92 Å². The van der Waals surface area contributed by atoms with Crippen molar-refractivity contribution in [2.45, 2.75) is 25.1 Å². The van der Waals surface area contributed by atoms with Gasteiger partial charge in [-0.2, -0.15) is 0 Å². The number of nitrogens with zero attached hydrogens (tertiary/aromatic N) is 1. The Hall–Kier alpha value is -1.03. The number of aromatic nitrogens is 1. The summed E-state index contributed by atoms with van der Waals surface area (Å²) < 4.78 is 0. The molecule has 0 unspecified atom stereocenters. The second kappa shape index (κ2) is 5.34. The summed E-state index contributed by atoms with van der Waals surface area (Å²) in [4.78, 5) is 15.5. The second-order valence-corrected chi connectivity index (χ2v) is 5.23. The summed E-state index contributed by atoms with van der Waals surface area (Å²) in [6.45, 7) is 2.16. The van der Waals surface area contributed by atoms with Crippen LogP contribution in [0.5, 0.6) is 0 Å². The zero-order valence-corrected chi connectivity index (χ0v) is 10.2. The van der Waals surface area contributed by atoms with Gasteiger partial charge >= 0.3 is 0 Å². The standard InChI is InChI=1S/C12H16N2OS/c1-9-5-11(9)14-12(15)8-16-7-10-3-2-4-13-6-10/h2-4,6,9,11H,5,7-8H2,1H3,(H,14,15)/t9-,11-/m0/s1. The maximum absolute atomic E-state index is 11.5. The zero-order chi connectivity index (χ0) is 11.4. The Bertz CT molecular complexity index is 355. The van der Waals surface area contributed by atoms with E-state index in [2.05, 4.69) is 17.2 Å². The molecule has 0 aromatic carbocycles. The molecule has 2 rings (SSSR count). The fourth-order valence-corrected chi connectivity index (χ4v) is 2.29. The molecule has 0 bridgehead atoms. The molecule has 0 saturated heterocycles. The number of carbonyl (C=O) groups excluding carboxylic acids is 1. The van der Waals surface area contributed by atoms with Gasteiger partial charge in [0.25, 0.3) is 0 Å². The number of amides is 1. The van der Waals surface area contributed by atoms with Crippen molar-refractivity contribution in [2.24, 2.45) is 5.92 Å². The van der Waals surface area contributed by atoms with Crippen LogP contribution in [0.1, 0.15) is 18.9 Å². The molecule has 1 amide bonds. The van der Waals surface area contributed by atoms with Crippen LogP contribution in [-0.2, 0) is 10.5 Å². The van der Waals surface area contributed by atoms with Gasteiger partial charge in [0.2, 0.25) is 5.91 Å². The van der Waals surface area contributed by atoms with E-state index in [1.807, 2.05) is 18.3 Å². The van der Waals surface area contributed by atoms with Gasteiger partial charge in [-0.3, -0.25) is 9.78 Å². The first kappa shape index (κ1) is 11.5. The fourth-order valence-electron chi connectivity index (χ4n) is 1.52. The smallest absolute Gasteiger partial charge is 0.230 e. The lowest BCUT2D eigenvalue weighted by atomic mass is 10.3. The van der Waals surface area contributed by atoms with E-state index in [0.29, 0.717) is 17.7 Å². The highest BCUT2D eigenvalue weighted by atomic mass is 32.2. The molecule has 1 aliphatic rings. The molecular formula is C12H16N2OS. The first-order valence-electron chi connectivity index (χ1n) is 5.51. The third-order valence-corrected chi connectivity index (χ3v) is 3.68. The lowest BCUT2D eigenvalue weighted by Gasteiger charge is -2.03. The Labute approximate surface area is 100 Å². The average Bonchev–Trinajstić information content (AvgIpc) is 2.95. The Kier molecular flexibility index (Phi) is 3.83. The van der Waals surface area contributed by atoms with Crippen LogP contribution in [0.2, 0.25) is 0 Å². The molecule has 1 N–H and O–H groups in total. The first-order chi connectivity index (χ1) is 7.75. The van der Waals surface area contributed by atoms with E-state index in [0.717, 1.165) is 12.2 Å². The van der Waals surface area contributed by atoms with Gasteiger partial charge in [-0.15, -0.1) is 11.8 Å². The molecule has 1 aromatic heterocycles. The van der Waals surface area contributed by atoms with E-state index in [-0.39, 0.29) is 5.91 Å². The lowest BCUT2D eigenvalue weighted by molar-refractivity contribution is -0.118. The van der Waals surface area contributed by atoms with Crippen LogP contribution in [0.15, 0.2) is 24.5 Å². The first-order valence-corrected chi connectivity index (χ1v) is 6.67. The van der Waals surface area contributed by atoms with E-state index in [1.165, 1.54) is 5.56 Å². The van der Waals surface area contributed by atoms with Crippen molar-refractivity contribution >= 4 is 17.7 Å². The third-order valence-electron chi connectivity index (χ3n) is 2.68. The molecule has 1 aromatic rings. The fraction of sp³-hybridized carbons (Fsp3) is 0.500. The van der Waals surface area contributed by atoms with Crippen LogP contribution in [0.4, 0.5) is 0 Å². The number of hydrogen-bond acceptors (Lipinski definition) is 3. The van der Waals surface area contributed by atoms with Crippen LogP contribution in [0.25, 0.3) is 0 Å². The van der Waals surface area contributed by atoms with E-state index in [1.54, 1.807) is 18.0 Å². The number of carbonyl (C=O) groups is 1. The van der Waals surface area contributed by atoms with Crippen molar-refractivity contribution in [2.75, 3.05) is 5.75 Å². The van der Waals surface area contributed by atoms with Gasteiger partial charge in [0.1, 0.15) is 0 Å². The normalized spacial score (nSPS) is 22.8. The van der Waals surface area contributed by atoms with Crippen LogP contribution in [0.3, 0.4) is 0 Å². The summed E-state index contributed by atoms with van der Waals surface area (Å²) in [7, 11) is 0. The quantitative estimate of drug-likeness (QED) is 0.848. The Morgan fingerprint density at radius 2 is 2.50 bits per heavy atom. The minimum Gasteiger partial charge on any atom is -0.352 e. The molecule has 0 radical (unpaired) electrons. The number of rotatable bonds is 5. The number of nitrogens with one attached hydrogen (secondary N) is 1. The Balaban J connectivity index is 1.62. The van der Waals surface area contributed by atoms with Gasteiger partial charge in [0.15, 0.2) is 0 Å². The molecule has 16 heavy (non-hydrogen) atoms. The monoisotopic (exact) mass is 236 g/mol. The molecule has 2 atom stereocenters. The van der Waals surface area contributed by atoms with Crippen LogP contribution < -0.4 is 5.32 Å². The van der Waals surface area contributed by atoms with Crippen LogP contribution in [-0.4, -0.2) is 22.7 Å². The molecule has 4 heteroatoms. The Morgan fingerprint density at radius 3 is 3.12 bits per heavy atom. The largest absolute Gasteiger partial charge is 0.352 e. The number of thioether (sulfide) groups is 1. The minimum absolute atomic E-state index is 0.156. The topological polar surface area (TPSA) is 42.0 Å². The number of hydrogen-bond donors (Lipinski definition) is 1. The molecule has 1 saturated carbocycles. The van der Waals surface area contributed by atoms with E-state index >= 15 is 0 Å². The van der Waals surface area contributed by atoms with Gasteiger partial charge < -0.3 is 5.32 Å². The average molecular weight is 236 g/mol. The molecule has 3 nitrogen and oxygen atoms in total. The summed E-state index contributed by atoms with van der Waals surface area (Å²) in [5.74, 6) is 2.22. The van der Waals surface area contributed by atoms with Crippen molar-refractivity contribution < 1.29 is 4.79 Å². The summed E-state index contributed by atoms with van der Waals surface area (Å²) in [6, 6.07) is 4.38. The zero-order valence-electron chi connectivity index (χ0n) is 9.35. The molecule has 0 spiro atoms. The highest BCUT2D eigenvalue weighted by molar-refractivity contribution is 7.99. The van der Waals surface area contributed by atoms with E-state index in [9.17, 15) is 4.79 Å². The molecule has 1 aliphatic carbocycles. The van der Waals surface area contributed by atoms with Gasteiger partial charge in [0.05, 0.1) is 5.75 Å². The molecule has 1 fully saturated rings. The van der Waals surface area contributed by atoms with Gasteiger partial charge in [-0.25, -0.2) is 0 Å². The third kappa shape index (κ3) is 3.52. The van der Waals surface area contributed by atoms with E-state index < -0.39 is 0 Å². The molecule has 0 aliphatic heterocycles. The lowest BCUT2D eigenvalue weighted by Crippen LogP contribution is -2.28. The highest BCUT2D eigenvalue weighted by Crippen LogP contribution is 2.28. The van der Waals surface area contributed by atoms with Crippen molar-refractivity contribution in [3.8, 4) is 0 Å². The second-order valence-electron chi connectivity index (χ2n) is 4.24. The predicted octanol–water partition coefficient (Wildman–Crippen LogP) is 1.84. The minimum atomic E-state index is 0.156. The van der Waals surface area contributed by atoms with Crippen molar-refractivity contribution in [3.63, 3.8) is 0 Å². The summed E-state index contributed by atoms with van der Waals surface area (Å²) in [5, 5.41) is 3.01. The van der Waals surface area contributed by atoms with Crippen molar-refractivity contribution in [3.05, 3.63) is 30.1 Å². The predicted molar refractivity (Wildman–Crippen MR) is 66.1 cm³/mol. The summed E-state index contributed by atoms with van der Waals surface area (Å²) in [6.07, 6.45) is 4.74. The highest BCUT2D eigenvalue weighted by Gasteiger charge is 2.33. The molecule has 1 heterocycles. The summed E-state index contributed by atoms with van der Waals surface area (Å²) in [5.41, 5.74) is 1.17.